The first-order valence-corrected chi connectivity index (χ1v) is 9.56. The Bertz CT molecular complexity index is 988. The fourth-order valence-electron chi connectivity index (χ4n) is 3.15. The second kappa shape index (κ2) is 9.49. The third-order valence-corrected chi connectivity index (χ3v) is 4.85. The van der Waals surface area contributed by atoms with E-state index in [0.29, 0.717) is 12.2 Å². The predicted octanol–water partition coefficient (Wildman–Crippen LogP) is 6.09. The number of carbonyl (C=O) groups is 1. The molecule has 0 saturated heterocycles. The smallest absolute Gasteiger partial charge is 0.260 e. The number of halogens is 3. The molecule has 0 aliphatic heterocycles. The Hall–Kier alpha value is -2.96. The van der Waals surface area contributed by atoms with E-state index in [4.69, 9.17) is 4.52 Å². The summed E-state index contributed by atoms with van der Waals surface area (Å²) >= 11 is 0. The Morgan fingerprint density at radius 1 is 1.03 bits per heavy atom. The molecule has 0 fully saturated rings. The fraction of sp³-hybridized carbons (Fsp3) is 0.318. The lowest BCUT2D eigenvalue weighted by atomic mass is 9.96. The van der Waals surface area contributed by atoms with Gasteiger partial charge in [0.25, 0.3) is 5.89 Å². The quantitative estimate of drug-likeness (QED) is 0.321. The van der Waals surface area contributed by atoms with Gasteiger partial charge in [-0.3, -0.25) is 4.79 Å². The number of hydrogen-bond acceptors (Lipinski definition) is 4. The summed E-state index contributed by atoms with van der Waals surface area (Å²) < 4.78 is 45.3. The molecule has 0 aliphatic carbocycles. The third kappa shape index (κ3) is 5.10. The summed E-state index contributed by atoms with van der Waals surface area (Å²) in [6, 6.07) is 9.38. The van der Waals surface area contributed by atoms with Gasteiger partial charge < -0.3 is 4.52 Å². The Kier molecular flexibility index (Phi) is 6.80. The van der Waals surface area contributed by atoms with Gasteiger partial charge in [0.05, 0.1) is 5.56 Å². The van der Waals surface area contributed by atoms with Crippen molar-refractivity contribution in [2.24, 2.45) is 0 Å². The topological polar surface area (TPSA) is 56.0 Å². The van der Waals surface area contributed by atoms with Crippen LogP contribution in [0.2, 0.25) is 0 Å². The van der Waals surface area contributed by atoms with Crippen molar-refractivity contribution in [3.8, 4) is 11.5 Å². The van der Waals surface area contributed by atoms with E-state index in [2.05, 4.69) is 10.1 Å². The summed E-state index contributed by atoms with van der Waals surface area (Å²) in [6.07, 6.45) is 3.09. The maximum absolute atomic E-state index is 13.9. The van der Waals surface area contributed by atoms with Crippen molar-refractivity contribution in [2.45, 2.75) is 44.9 Å². The number of hydrogen-bond donors (Lipinski definition) is 0. The molecule has 4 nitrogen and oxygen atoms in total. The van der Waals surface area contributed by atoms with Gasteiger partial charge in [0.15, 0.2) is 23.2 Å². The van der Waals surface area contributed by atoms with Crippen LogP contribution in [0.1, 0.15) is 61.1 Å². The maximum Gasteiger partial charge on any atom is 0.260 e. The minimum absolute atomic E-state index is 0.0256. The summed E-state index contributed by atoms with van der Waals surface area (Å²) in [6.45, 7) is 2.00. The molecule has 2 aromatic carbocycles. The van der Waals surface area contributed by atoms with Gasteiger partial charge in [0.2, 0.25) is 0 Å². The average molecular weight is 402 g/mol. The van der Waals surface area contributed by atoms with E-state index in [9.17, 15) is 18.0 Å². The van der Waals surface area contributed by atoms with E-state index in [0.717, 1.165) is 31.4 Å². The first-order chi connectivity index (χ1) is 14.0. The van der Waals surface area contributed by atoms with Crippen molar-refractivity contribution in [2.75, 3.05) is 0 Å². The molecule has 0 spiro atoms. The molecule has 29 heavy (non-hydrogen) atoms. The summed E-state index contributed by atoms with van der Waals surface area (Å²) in [5.41, 5.74) is 0.432. The van der Waals surface area contributed by atoms with Crippen molar-refractivity contribution in [3.05, 3.63) is 71.3 Å². The number of carbonyl (C=O) groups excluding carboxylic acids is 1. The molecule has 1 atom stereocenters. The molecule has 3 aromatic rings. The molecule has 152 valence electrons. The highest BCUT2D eigenvalue weighted by Gasteiger charge is 2.19. The Balaban J connectivity index is 1.54. The molecule has 0 radical (unpaired) electrons. The van der Waals surface area contributed by atoms with Crippen molar-refractivity contribution in [1.82, 2.24) is 10.1 Å². The number of unbranched alkanes of at least 4 members (excludes halogenated alkanes) is 1. The van der Waals surface area contributed by atoms with Gasteiger partial charge in [-0.25, -0.2) is 13.2 Å². The van der Waals surface area contributed by atoms with E-state index >= 15 is 0 Å². The molecule has 0 N–H and O–H groups in total. The molecule has 0 amide bonds. The zero-order chi connectivity index (χ0) is 20.8. The Morgan fingerprint density at radius 3 is 2.55 bits per heavy atom. The van der Waals surface area contributed by atoms with Gasteiger partial charge in [-0.2, -0.15) is 4.98 Å². The van der Waals surface area contributed by atoms with Crippen LogP contribution in [0.4, 0.5) is 13.2 Å². The van der Waals surface area contributed by atoms with Crippen molar-refractivity contribution >= 4 is 5.78 Å². The predicted molar refractivity (Wildman–Crippen MR) is 102 cm³/mol. The molecule has 1 unspecified atom stereocenters. The second-order valence-corrected chi connectivity index (χ2v) is 6.84. The molecular weight excluding hydrogens is 381 g/mol. The van der Waals surface area contributed by atoms with Crippen LogP contribution in [-0.2, 0) is 0 Å². The summed E-state index contributed by atoms with van der Waals surface area (Å²) in [7, 11) is 0. The standard InChI is InChI=1S/C22H21F3N2O2/c1-2-14(21-26-22(29-27-21)16-8-4-5-9-17(16)23)7-3-6-10-20(28)15-11-12-18(24)19(25)13-15/h4-5,8-9,11-14H,2-3,6-7,10H2,1H3. The van der Waals surface area contributed by atoms with Gasteiger partial charge in [-0.05, 0) is 49.6 Å². The monoisotopic (exact) mass is 402 g/mol. The van der Waals surface area contributed by atoms with Crippen LogP contribution in [0.5, 0.6) is 0 Å². The van der Waals surface area contributed by atoms with Gasteiger partial charge in [0, 0.05) is 17.9 Å². The molecule has 3 rings (SSSR count). The van der Waals surface area contributed by atoms with E-state index in [1.54, 1.807) is 18.2 Å². The zero-order valence-corrected chi connectivity index (χ0v) is 16.0. The summed E-state index contributed by atoms with van der Waals surface area (Å²) in [5, 5.41) is 3.99. The first kappa shape index (κ1) is 20.8. The van der Waals surface area contributed by atoms with E-state index in [1.807, 2.05) is 6.92 Å². The molecule has 1 heterocycles. The van der Waals surface area contributed by atoms with Gasteiger partial charge in [-0.1, -0.05) is 30.6 Å². The van der Waals surface area contributed by atoms with Crippen molar-refractivity contribution in [1.29, 1.82) is 0 Å². The van der Waals surface area contributed by atoms with Crippen LogP contribution in [-0.4, -0.2) is 15.9 Å². The first-order valence-electron chi connectivity index (χ1n) is 9.56. The second-order valence-electron chi connectivity index (χ2n) is 6.84. The third-order valence-electron chi connectivity index (χ3n) is 4.85. The molecule has 0 aliphatic rings. The molecular formula is C22H21F3N2O2. The minimum atomic E-state index is -1.02. The van der Waals surface area contributed by atoms with E-state index < -0.39 is 17.5 Å². The maximum atomic E-state index is 13.9. The number of aromatic nitrogens is 2. The van der Waals surface area contributed by atoms with Crippen molar-refractivity contribution in [3.63, 3.8) is 0 Å². The molecule has 7 heteroatoms. The van der Waals surface area contributed by atoms with Gasteiger partial charge in [0.1, 0.15) is 5.82 Å². The number of rotatable bonds is 9. The van der Waals surface area contributed by atoms with Crippen LogP contribution < -0.4 is 0 Å². The highest BCUT2D eigenvalue weighted by Crippen LogP contribution is 2.27. The Labute approximate surface area is 166 Å². The number of Topliss-reactive ketones (excluding diaryl/α,β-unsaturated/α-hetero) is 1. The lowest BCUT2D eigenvalue weighted by Crippen LogP contribution is -2.03. The normalized spacial score (nSPS) is 12.1. The lowest BCUT2D eigenvalue weighted by Gasteiger charge is -2.10. The number of ketones is 1. The largest absolute Gasteiger partial charge is 0.334 e. The van der Waals surface area contributed by atoms with E-state index in [-0.39, 0.29) is 35.1 Å². The molecule has 1 aromatic heterocycles. The van der Waals surface area contributed by atoms with Crippen LogP contribution in [0, 0.1) is 17.5 Å². The molecule has 0 bridgehead atoms. The zero-order valence-electron chi connectivity index (χ0n) is 16.0. The highest BCUT2D eigenvalue weighted by molar-refractivity contribution is 5.95. The highest BCUT2D eigenvalue weighted by atomic mass is 19.2. The summed E-state index contributed by atoms with van der Waals surface area (Å²) in [4.78, 5) is 16.5. The van der Waals surface area contributed by atoms with Gasteiger partial charge in [-0.15, -0.1) is 0 Å². The van der Waals surface area contributed by atoms with Crippen LogP contribution >= 0.6 is 0 Å². The van der Waals surface area contributed by atoms with Crippen LogP contribution in [0.3, 0.4) is 0 Å². The fourth-order valence-corrected chi connectivity index (χ4v) is 3.15. The average Bonchev–Trinajstić information content (AvgIpc) is 3.20. The Morgan fingerprint density at radius 2 is 1.83 bits per heavy atom. The van der Waals surface area contributed by atoms with Crippen LogP contribution in [0.25, 0.3) is 11.5 Å². The number of nitrogens with zero attached hydrogens (tertiary/aromatic N) is 2. The summed E-state index contributed by atoms with van der Waals surface area (Å²) in [5.74, 6) is -1.96. The van der Waals surface area contributed by atoms with E-state index in [1.165, 1.54) is 12.1 Å². The van der Waals surface area contributed by atoms with Crippen molar-refractivity contribution < 1.29 is 22.5 Å². The SMILES string of the molecule is CCC(CCCCC(=O)c1ccc(F)c(F)c1)c1noc(-c2ccccc2F)n1. The van der Waals surface area contributed by atoms with Crippen LogP contribution in [0.15, 0.2) is 47.0 Å². The van der Waals surface area contributed by atoms with Gasteiger partial charge >= 0.3 is 0 Å². The lowest BCUT2D eigenvalue weighted by molar-refractivity contribution is 0.0978. The minimum Gasteiger partial charge on any atom is -0.334 e. The molecule has 0 saturated carbocycles. The number of benzene rings is 2.